The molecule has 0 amide bonds. The number of likely N-dealkylation sites (N-methyl/N-ethyl adjacent to an activating group) is 1. The van der Waals surface area contributed by atoms with Gasteiger partial charge in [0.25, 0.3) is 0 Å². The van der Waals surface area contributed by atoms with Crippen LogP contribution in [0.25, 0.3) is 0 Å². The first-order valence-electron chi connectivity index (χ1n) is 4.42. The number of rotatable bonds is 3. The summed E-state index contributed by atoms with van der Waals surface area (Å²) in [6.45, 7) is 0. The number of nitrogens with one attached hydrogen (secondary N) is 1. The summed E-state index contributed by atoms with van der Waals surface area (Å²) >= 11 is 0. The molecule has 0 spiro atoms. The lowest BCUT2D eigenvalue weighted by Crippen LogP contribution is -2.41. The van der Waals surface area contributed by atoms with Crippen LogP contribution in [0, 0.1) is 5.82 Å². The predicted octanol–water partition coefficient (Wildman–Crippen LogP) is 2.52. The molecule has 0 saturated carbocycles. The second-order valence-corrected chi connectivity index (χ2v) is 3.22. The molecule has 0 heterocycles. The molecule has 0 aliphatic rings. The Morgan fingerprint density at radius 2 is 2.00 bits per heavy atom. The third kappa shape index (κ3) is 3.51. The second-order valence-electron chi connectivity index (χ2n) is 3.22. The number of halogens is 4. The van der Waals surface area contributed by atoms with Crippen molar-refractivity contribution in [1.82, 2.24) is 5.32 Å². The first kappa shape index (κ1) is 12.0. The number of hydrogen-bond donors (Lipinski definition) is 1. The molecule has 0 aliphatic carbocycles. The fraction of sp³-hybridized carbons (Fsp3) is 0.400. The largest absolute Gasteiger partial charge is 0.404 e. The van der Waals surface area contributed by atoms with E-state index in [1.807, 2.05) is 0 Å². The molecule has 1 atom stereocenters. The monoisotopic (exact) mass is 221 g/mol. The van der Waals surface area contributed by atoms with Crippen LogP contribution in [0.1, 0.15) is 5.56 Å². The van der Waals surface area contributed by atoms with Gasteiger partial charge in [-0.25, -0.2) is 4.39 Å². The van der Waals surface area contributed by atoms with Crippen molar-refractivity contribution >= 4 is 0 Å². The third-order valence-corrected chi connectivity index (χ3v) is 2.07. The Bertz CT molecular complexity index is 321. The van der Waals surface area contributed by atoms with Crippen LogP contribution in [-0.4, -0.2) is 19.3 Å². The predicted molar refractivity (Wildman–Crippen MR) is 49.0 cm³/mol. The average molecular weight is 221 g/mol. The van der Waals surface area contributed by atoms with E-state index >= 15 is 0 Å². The summed E-state index contributed by atoms with van der Waals surface area (Å²) in [4.78, 5) is 0. The Morgan fingerprint density at radius 3 is 2.47 bits per heavy atom. The van der Waals surface area contributed by atoms with Crippen LogP contribution < -0.4 is 5.32 Å². The van der Waals surface area contributed by atoms with E-state index in [0.717, 1.165) is 6.07 Å². The van der Waals surface area contributed by atoms with Crippen molar-refractivity contribution in [3.05, 3.63) is 35.6 Å². The van der Waals surface area contributed by atoms with E-state index in [9.17, 15) is 17.6 Å². The van der Waals surface area contributed by atoms with Gasteiger partial charge >= 0.3 is 6.18 Å². The van der Waals surface area contributed by atoms with Gasteiger partial charge < -0.3 is 5.32 Å². The first-order chi connectivity index (χ1) is 6.93. The minimum atomic E-state index is -4.32. The Morgan fingerprint density at radius 1 is 1.33 bits per heavy atom. The van der Waals surface area contributed by atoms with Crippen molar-refractivity contribution < 1.29 is 17.6 Å². The van der Waals surface area contributed by atoms with Gasteiger partial charge in [0, 0.05) is 0 Å². The Balaban J connectivity index is 2.76. The van der Waals surface area contributed by atoms with Gasteiger partial charge in [0.05, 0.1) is 0 Å². The normalized spacial score (nSPS) is 13.9. The summed E-state index contributed by atoms with van der Waals surface area (Å²) in [6.07, 6.45) is -4.58. The molecule has 0 aliphatic heterocycles. The molecular formula is C10H11F4N. The number of hydrogen-bond acceptors (Lipinski definition) is 1. The smallest absolute Gasteiger partial charge is 0.309 e. The lowest BCUT2D eigenvalue weighted by atomic mass is 10.1. The molecule has 1 N–H and O–H groups in total. The standard InChI is InChI=1S/C10H11F4N/c1-15-9(10(12,13)14)6-7-3-2-4-8(11)5-7/h2-5,9,15H,6H2,1H3. The first-order valence-corrected chi connectivity index (χ1v) is 4.42. The Hall–Kier alpha value is -1.10. The zero-order chi connectivity index (χ0) is 11.5. The molecule has 84 valence electrons. The van der Waals surface area contributed by atoms with E-state index in [2.05, 4.69) is 5.32 Å². The van der Waals surface area contributed by atoms with E-state index < -0.39 is 18.0 Å². The molecule has 15 heavy (non-hydrogen) atoms. The van der Waals surface area contributed by atoms with Gasteiger partial charge in [-0.2, -0.15) is 13.2 Å². The topological polar surface area (TPSA) is 12.0 Å². The molecule has 1 rings (SSSR count). The van der Waals surface area contributed by atoms with Gasteiger partial charge in [-0.3, -0.25) is 0 Å². The van der Waals surface area contributed by atoms with Gasteiger partial charge in [0.2, 0.25) is 0 Å². The number of alkyl halides is 3. The zero-order valence-corrected chi connectivity index (χ0v) is 8.11. The highest BCUT2D eigenvalue weighted by molar-refractivity contribution is 5.17. The fourth-order valence-electron chi connectivity index (χ4n) is 1.28. The maximum Gasteiger partial charge on any atom is 0.404 e. The number of benzene rings is 1. The van der Waals surface area contributed by atoms with Gasteiger partial charge in [-0.05, 0) is 31.2 Å². The summed E-state index contributed by atoms with van der Waals surface area (Å²) in [5.41, 5.74) is 0.326. The summed E-state index contributed by atoms with van der Waals surface area (Å²) in [5.74, 6) is -0.524. The quantitative estimate of drug-likeness (QED) is 0.773. The molecule has 1 nitrogen and oxygen atoms in total. The average Bonchev–Trinajstić information content (AvgIpc) is 2.12. The van der Waals surface area contributed by atoms with E-state index in [1.54, 1.807) is 0 Å². The molecule has 1 aromatic rings. The molecule has 1 aromatic carbocycles. The highest BCUT2D eigenvalue weighted by atomic mass is 19.4. The van der Waals surface area contributed by atoms with Crippen LogP contribution in [-0.2, 0) is 6.42 Å². The molecule has 1 unspecified atom stereocenters. The molecular weight excluding hydrogens is 210 g/mol. The van der Waals surface area contributed by atoms with Crippen LogP contribution in [0.5, 0.6) is 0 Å². The van der Waals surface area contributed by atoms with Gasteiger partial charge in [-0.15, -0.1) is 0 Å². The van der Waals surface area contributed by atoms with Crippen molar-refractivity contribution in [2.24, 2.45) is 0 Å². The fourth-order valence-corrected chi connectivity index (χ4v) is 1.28. The van der Waals surface area contributed by atoms with Gasteiger partial charge in [0.15, 0.2) is 0 Å². The van der Waals surface area contributed by atoms with Crippen LogP contribution in [0.4, 0.5) is 17.6 Å². The van der Waals surface area contributed by atoms with E-state index in [4.69, 9.17) is 0 Å². The molecule has 0 saturated heterocycles. The van der Waals surface area contributed by atoms with Crippen LogP contribution in [0.2, 0.25) is 0 Å². The SMILES string of the molecule is CNC(Cc1cccc(F)c1)C(F)(F)F. The molecule has 0 bridgehead atoms. The molecule has 0 radical (unpaired) electrons. The summed E-state index contributed by atoms with van der Waals surface area (Å²) in [6, 6.07) is 3.54. The maximum atomic E-state index is 12.7. The van der Waals surface area contributed by atoms with Crippen molar-refractivity contribution in [3.63, 3.8) is 0 Å². The molecule has 5 heteroatoms. The minimum Gasteiger partial charge on any atom is -0.309 e. The summed E-state index contributed by atoms with van der Waals surface area (Å²) in [7, 11) is 1.23. The lowest BCUT2D eigenvalue weighted by Gasteiger charge is -2.19. The van der Waals surface area contributed by atoms with Gasteiger partial charge in [-0.1, -0.05) is 12.1 Å². The van der Waals surface area contributed by atoms with Crippen molar-refractivity contribution in [2.75, 3.05) is 7.05 Å². The van der Waals surface area contributed by atoms with Crippen LogP contribution in [0.3, 0.4) is 0 Å². The van der Waals surface area contributed by atoms with E-state index in [0.29, 0.717) is 5.56 Å². The van der Waals surface area contributed by atoms with Crippen molar-refractivity contribution in [1.29, 1.82) is 0 Å². The molecule has 0 aromatic heterocycles. The zero-order valence-electron chi connectivity index (χ0n) is 8.11. The highest BCUT2D eigenvalue weighted by Gasteiger charge is 2.38. The third-order valence-electron chi connectivity index (χ3n) is 2.07. The maximum absolute atomic E-state index is 12.7. The Kier molecular flexibility index (Phi) is 3.68. The van der Waals surface area contributed by atoms with E-state index in [1.165, 1.54) is 25.2 Å². The van der Waals surface area contributed by atoms with Crippen molar-refractivity contribution in [3.8, 4) is 0 Å². The molecule has 0 fully saturated rings. The van der Waals surface area contributed by atoms with Crippen LogP contribution >= 0.6 is 0 Å². The summed E-state index contributed by atoms with van der Waals surface area (Å²) < 4.78 is 49.8. The Labute approximate surface area is 85.1 Å². The second kappa shape index (κ2) is 4.61. The van der Waals surface area contributed by atoms with Crippen molar-refractivity contribution in [2.45, 2.75) is 18.6 Å². The van der Waals surface area contributed by atoms with Crippen LogP contribution in [0.15, 0.2) is 24.3 Å². The minimum absolute atomic E-state index is 0.266. The van der Waals surface area contributed by atoms with Gasteiger partial charge in [0.1, 0.15) is 11.9 Å². The lowest BCUT2D eigenvalue weighted by molar-refractivity contribution is -0.154. The summed E-state index contributed by atoms with van der Waals surface area (Å²) in [5, 5.41) is 2.16. The highest BCUT2D eigenvalue weighted by Crippen LogP contribution is 2.23. The van der Waals surface area contributed by atoms with E-state index in [-0.39, 0.29) is 6.42 Å².